The van der Waals surface area contributed by atoms with Crippen molar-refractivity contribution in [2.45, 2.75) is 72.1 Å². The van der Waals surface area contributed by atoms with Gasteiger partial charge < -0.3 is 18.9 Å². The highest BCUT2D eigenvalue weighted by Gasteiger charge is 2.33. The third kappa shape index (κ3) is 5.95. The van der Waals surface area contributed by atoms with Crippen LogP contribution in [0.4, 0.5) is 0 Å². The third-order valence-electron chi connectivity index (χ3n) is 4.89. The monoisotopic (exact) mass is 366 g/mol. The van der Waals surface area contributed by atoms with Gasteiger partial charge in [-0.25, -0.2) is 0 Å². The lowest BCUT2D eigenvalue weighted by Crippen LogP contribution is -2.43. The molecule has 0 aromatic carbocycles. The van der Waals surface area contributed by atoms with Gasteiger partial charge >= 0.3 is 11.9 Å². The molecule has 5 atom stereocenters. The quantitative estimate of drug-likeness (QED) is 0.531. The summed E-state index contributed by atoms with van der Waals surface area (Å²) >= 11 is 0. The van der Waals surface area contributed by atoms with Crippen molar-refractivity contribution in [3.8, 4) is 0 Å². The smallest absolute Gasteiger partial charge is 0.303 e. The molecule has 26 heavy (non-hydrogen) atoms. The lowest BCUT2D eigenvalue weighted by molar-refractivity contribution is -0.207. The highest BCUT2D eigenvalue weighted by Crippen LogP contribution is 2.32. The number of hydrogen-bond acceptors (Lipinski definition) is 6. The van der Waals surface area contributed by atoms with Crippen LogP contribution >= 0.6 is 0 Å². The number of carbonyl (C=O) groups is 2. The summed E-state index contributed by atoms with van der Waals surface area (Å²) in [6.07, 6.45) is 6.00. The van der Waals surface area contributed by atoms with Gasteiger partial charge in [0.1, 0.15) is 18.8 Å². The van der Waals surface area contributed by atoms with Crippen LogP contribution in [-0.4, -0.2) is 43.1 Å². The van der Waals surface area contributed by atoms with E-state index in [0.717, 1.165) is 12.8 Å². The minimum absolute atomic E-state index is 0.00554. The van der Waals surface area contributed by atoms with E-state index in [4.69, 9.17) is 18.9 Å². The van der Waals surface area contributed by atoms with Crippen molar-refractivity contribution in [3.05, 3.63) is 23.8 Å². The Morgan fingerprint density at radius 2 is 1.96 bits per heavy atom. The number of carbonyl (C=O) groups excluding carboxylic acids is 2. The summed E-state index contributed by atoms with van der Waals surface area (Å²) in [7, 11) is 0. The van der Waals surface area contributed by atoms with E-state index in [-0.39, 0.29) is 12.7 Å². The fourth-order valence-corrected chi connectivity index (χ4v) is 3.23. The molecule has 0 aromatic rings. The molecule has 2 rings (SSSR count). The maximum atomic E-state index is 11.3. The zero-order valence-corrected chi connectivity index (χ0v) is 16.3. The molecule has 6 nitrogen and oxygen atoms in total. The van der Waals surface area contributed by atoms with Crippen LogP contribution in [-0.2, 0) is 28.5 Å². The molecule has 0 spiro atoms. The second-order valence-electron chi connectivity index (χ2n) is 7.35. The van der Waals surface area contributed by atoms with Gasteiger partial charge in [0.05, 0.1) is 6.10 Å². The first-order chi connectivity index (χ1) is 12.3. The predicted octanol–water partition coefficient (Wildman–Crippen LogP) is 3.16. The summed E-state index contributed by atoms with van der Waals surface area (Å²) < 4.78 is 22.3. The zero-order chi connectivity index (χ0) is 19.3. The SMILES string of the molecule is CC(=O)OC[C@H]1OC(O[C@@H]2C[C@H](C(C)C)CC=C2C)C=C[C@@H]1OC(C)=O. The van der Waals surface area contributed by atoms with Gasteiger partial charge in [-0.3, -0.25) is 9.59 Å². The third-order valence-corrected chi connectivity index (χ3v) is 4.89. The topological polar surface area (TPSA) is 71.1 Å². The van der Waals surface area contributed by atoms with E-state index in [1.54, 1.807) is 12.2 Å². The molecule has 1 aliphatic carbocycles. The maximum Gasteiger partial charge on any atom is 0.303 e. The molecule has 0 amide bonds. The summed E-state index contributed by atoms with van der Waals surface area (Å²) in [4.78, 5) is 22.4. The van der Waals surface area contributed by atoms with E-state index >= 15 is 0 Å². The Labute approximate surface area is 155 Å². The van der Waals surface area contributed by atoms with Crippen LogP contribution in [0.15, 0.2) is 23.8 Å². The Morgan fingerprint density at radius 1 is 1.23 bits per heavy atom. The average molecular weight is 366 g/mol. The first kappa shape index (κ1) is 20.6. The largest absolute Gasteiger partial charge is 0.463 e. The summed E-state index contributed by atoms with van der Waals surface area (Å²) in [6, 6.07) is 0. The molecule has 0 bridgehead atoms. The lowest BCUT2D eigenvalue weighted by Gasteiger charge is -2.36. The minimum Gasteiger partial charge on any atom is -0.463 e. The van der Waals surface area contributed by atoms with Gasteiger partial charge in [0, 0.05) is 13.8 Å². The van der Waals surface area contributed by atoms with E-state index < -0.39 is 30.4 Å². The maximum absolute atomic E-state index is 11.3. The molecule has 0 aromatic heterocycles. The van der Waals surface area contributed by atoms with E-state index in [1.165, 1.54) is 19.4 Å². The Hall–Kier alpha value is -1.66. The van der Waals surface area contributed by atoms with E-state index in [0.29, 0.717) is 11.8 Å². The molecule has 0 fully saturated rings. The number of allylic oxidation sites excluding steroid dienone is 1. The van der Waals surface area contributed by atoms with Gasteiger partial charge in [-0.2, -0.15) is 0 Å². The van der Waals surface area contributed by atoms with Gasteiger partial charge in [0.15, 0.2) is 6.29 Å². The van der Waals surface area contributed by atoms with Crippen LogP contribution in [0.1, 0.15) is 47.5 Å². The second-order valence-corrected chi connectivity index (χ2v) is 7.35. The zero-order valence-electron chi connectivity index (χ0n) is 16.3. The van der Waals surface area contributed by atoms with Gasteiger partial charge in [0.25, 0.3) is 0 Å². The van der Waals surface area contributed by atoms with E-state index in [9.17, 15) is 9.59 Å². The first-order valence-electron chi connectivity index (χ1n) is 9.22. The van der Waals surface area contributed by atoms with Crippen molar-refractivity contribution in [3.63, 3.8) is 0 Å². The van der Waals surface area contributed by atoms with E-state index in [1.807, 2.05) is 0 Å². The first-order valence-corrected chi connectivity index (χ1v) is 9.22. The molecule has 0 N–H and O–H groups in total. The molecule has 1 heterocycles. The summed E-state index contributed by atoms with van der Waals surface area (Å²) in [5.41, 5.74) is 1.21. The number of ether oxygens (including phenoxy) is 4. The molecular weight excluding hydrogens is 336 g/mol. The fraction of sp³-hybridized carbons (Fsp3) is 0.700. The van der Waals surface area contributed by atoms with Crippen molar-refractivity contribution in [2.75, 3.05) is 6.61 Å². The van der Waals surface area contributed by atoms with Gasteiger partial charge in [-0.1, -0.05) is 19.9 Å². The lowest BCUT2D eigenvalue weighted by atomic mass is 9.81. The van der Waals surface area contributed by atoms with Crippen LogP contribution in [0.5, 0.6) is 0 Å². The van der Waals surface area contributed by atoms with Gasteiger partial charge in [0.2, 0.25) is 0 Å². The normalized spacial score (nSPS) is 31.5. The number of hydrogen-bond donors (Lipinski definition) is 0. The van der Waals surface area contributed by atoms with E-state index in [2.05, 4.69) is 26.8 Å². The highest BCUT2D eigenvalue weighted by molar-refractivity contribution is 5.66. The number of rotatable bonds is 6. The highest BCUT2D eigenvalue weighted by atomic mass is 16.7. The Bertz CT molecular complexity index is 565. The Morgan fingerprint density at radius 3 is 2.58 bits per heavy atom. The van der Waals surface area contributed by atoms with Crippen LogP contribution < -0.4 is 0 Å². The van der Waals surface area contributed by atoms with Crippen molar-refractivity contribution < 1.29 is 28.5 Å². The molecule has 0 saturated heterocycles. The fourth-order valence-electron chi connectivity index (χ4n) is 3.23. The predicted molar refractivity (Wildman–Crippen MR) is 96.2 cm³/mol. The Kier molecular flexibility index (Phi) is 7.41. The minimum atomic E-state index is -0.599. The van der Waals surface area contributed by atoms with Gasteiger partial charge in [-0.05, 0) is 49.3 Å². The van der Waals surface area contributed by atoms with Crippen LogP contribution in [0.25, 0.3) is 0 Å². The standard InChI is InChI=1S/C20H30O6/c1-12(2)16-7-6-13(3)18(10-16)25-20-9-8-17(24-15(5)22)19(26-20)11-23-14(4)21/h6,8-9,12,16-20H,7,10-11H2,1-5H3/t16-,17+,18-,19-,20?/m1/s1. The molecule has 0 saturated carbocycles. The average Bonchev–Trinajstić information content (AvgIpc) is 2.56. The summed E-state index contributed by atoms with van der Waals surface area (Å²) in [6.45, 7) is 9.20. The molecular formula is C20H30O6. The van der Waals surface area contributed by atoms with Crippen LogP contribution in [0.3, 0.4) is 0 Å². The Balaban J connectivity index is 2.02. The molecule has 6 heteroatoms. The van der Waals surface area contributed by atoms with Crippen LogP contribution in [0.2, 0.25) is 0 Å². The van der Waals surface area contributed by atoms with Crippen molar-refractivity contribution in [2.24, 2.45) is 11.8 Å². The summed E-state index contributed by atoms with van der Waals surface area (Å²) in [5, 5.41) is 0. The van der Waals surface area contributed by atoms with Crippen molar-refractivity contribution in [1.29, 1.82) is 0 Å². The molecule has 2 aliphatic rings. The molecule has 146 valence electrons. The van der Waals surface area contributed by atoms with Crippen LogP contribution in [0, 0.1) is 11.8 Å². The second kappa shape index (κ2) is 9.33. The molecule has 1 aliphatic heterocycles. The molecule has 1 unspecified atom stereocenters. The number of esters is 2. The summed E-state index contributed by atoms with van der Waals surface area (Å²) in [5.74, 6) is 0.356. The van der Waals surface area contributed by atoms with Crippen molar-refractivity contribution in [1.82, 2.24) is 0 Å². The molecule has 0 radical (unpaired) electrons. The van der Waals surface area contributed by atoms with Gasteiger partial charge in [-0.15, -0.1) is 0 Å². The van der Waals surface area contributed by atoms with Crippen molar-refractivity contribution >= 4 is 11.9 Å².